The van der Waals surface area contributed by atoms with Crippen LogP contribution in [0, 0.1) is 0 Å². The first-order valence-electron chi connectivity index (χ1n) is 7.31. The Kier molecular flexibility index (Phi) is 5.78. The number of rotatable bonds is 6. The summed E-state index contributed by atoms with van der Waals surface area (Å²) in [6.07, 6.45) is 1.75. The van der Waals surface area contributed by atoms with Crippen molar-refractivity contribution in [1.82, 2.24) is 20.1 Å². The van der Waals surface area contributed by atoms with Crippen molar-refractivity contribution in [2.24, 2.45) is 0 Å². The van der Waals surface area contributed by atoms with Crippen LogP contribution in [0.4, 0.5) is 0 Å². The van der Waals surface area contributed by atoms with Crippen LogP contribution in [0.3, 0.4) is 0 Å². The third-order valence-corrected chi connectivity index (χ3v) is 4.02. The van der Waals surface area contributed by atoms with E-state index in [4.69, 9.17) is 9.47 Å². The quantitative estimate of drug-likeness (QED) is 0.821. The standard InChI is InChI=1S/C15H26N4O2/c1-18-7-8-19(2)12(11-18)9-16-10-13-15(21-4)14(20-3)5-6-17-13/h5-6,12,16H,7-11H2,1-4H3. The van der Waals surface area contributed by atoms with Gasteiger partial charge in [-0.25, -0.2) is 0 Å². The van der Waals surface area contributed by atoms with E-state index in [-0.39, 0.29) is 0 Å². The van der Waals surface area contributed by atoms with Gasteiger partial charge in [-0.2, -0.15) is 0 Å². The minimum atomic E-state index is 0.528. The fourth-order valence-electron chi connectivity index (χ4n) is 2.66. The van der Waals surface area contributed by atoms with Crippen LogP contribution in [0.15, 0.2) is 12.3 Å². The fourth-order valence-corrected chi connectivity index (χ4v) is 2.66. The Hall–Kier alpha value is -1.37. The molecule has 1 aliphatic rings. The van der Waals surface area contributed by atoms with Gasteiger partial charge in [-0.15, -0.1) is 0 Å². The molecule has 1 aliphatic heterocycles. The zero-order chi connectivity index (χ0) is 15.2. The Labute approximate surface area is 127 Å². The van der Waals surface area contributed by atoms with Crippen molar-refractivity contribution in [1.29, 1.82) is 0 Å². The molecule has 1 saturated heterocycles. The number of aromatic nitrogens is 1. The van der Waals surface area contributed by atoms with Crippen molar-refractivity contribution in [2.45, 2.75) is 12.6 Å². The highest BCUT2D eigenvalue weighted by Crippen LogP contribution is 2.28. The largest absolute Gasteiger partial charge is 0.493 e. The van der Waals surface area contributed by atoms with Crippen LogP contribution in [0.5, 0.6) is 11.5 Å². The van der Waals surface area contributed by atoms with Crippen molar-refractivity contribution in [3.05, 3.63) is 18.0 Å². The van der Waals surface area contributed by atoms with Gasteiger partial charge in [-0.3, -0.25) is 9.88 Å². The van der Waals surface area contributed by atoms with E-state index in [2.05, 4.69) is 34.2 Å². The molecule has 1 aromatic rings. The molecule has 0 amide bonds. The number of nitrogens with zero attached hydrogens (tertiary/aromatic N) is 3. The number of pyridine rings is 1. The molecule has 1 atom stereocenters. The van der Waals surface area contributed by atoms with Gasteiger partial charge < -0.3 is 19.7 Å². The second-order valence-electron chi connectivity index (χ2n) is 5.52. The first-order valence-corrected chi connectivity index (χ1v) is 7.31. The van der Waals surface area contributed by atoms with Gasteiger partial charge in [-0.05, 0) is 14.1 Å². The van der Waals surface area contributed by atoms with Crippen molar-refractivity contribution in [3.63, 3.8) is 0 Å². The zero-order valence-corrected chi connectivity index (χ0v) is 13.4. The predicted molar refractivity (Wildman–Crippen MR) is 83.0 cm³/mol. The highest BCUT2D eigenvalue weighted by Gasteiger charge is 2.21. The van der Waals surface area contributed by atoms with Gasteiger partial charge in [0.05, 0.1) is 19.9 Å². The lowest BCUT2D eigenvalue weighted by Gasteiger charge is -2.37. The van der Waals surface area contributed by atoms with Crippen LogP contribution in [0.25, 0.3) is 0 Å². The molecule has 2 rings (SSSR count). The molecular formula is C15H26N4O2. The molecule has 0 radical (unpaired) electrons. The minimum absolute atomic E-state index is 0.528. The molecule has 0 aromatic carbocycles. The van der Waals surface area contributed by atoms with Crippen molar-refractivity contribution in [3.8, 4) is 11.5 Å². The van der Waals surface area contributed by atoms with Gasteiger partial charge in [0.25, 0.3) is 0 Å². The highest BCUT2D eigenvalue weighted by atomic mass is 16.5. The van der Waals surface area contributed by atoms with E-state index >= 15 is 0 Å². The SMILES string of the molecule is COc1ccnc(CNCC2CN(C)CCN2C)c1OC. The number of nitrogens with one attached hydrogen (secondary N) is 1. The second kappa shape index (κ2) is 7.59. The molecule has 6 nitrogen and oxygen atoms in total. The summed E-state index contributed by atoms with van der Waals surface area (Å²) in [6, 6.07) is 2.34. The molecule has 0 bridgehead atoms. The Bertz CT molecular complexity index is 455. The third kappa shape index (κ3) is 4.06. The molecule has 1 aromatic heterocycles. The molecule has 0 saturated carbocycles. The maximum absolute atomic E-state index is 5.40. The van der Waals surface area contributed by atoms with Crippen LogP contribution < -0.4 is 14.8 Å². The molecule has 2 heterocycles. The first-order chi connectivity index (χ1) is 10.2. The van der Waals surface area contributed by atoms with E-state index in [9.17, 15) is 0 Å². The van der Waals surface area contributed by atoms with E-state index in [1.807, 2.05) is 6.07 Å². The number of likely N-dealkylation sites (N-methyl/N-ethyl adjacent to an activating group) is 2. The molecule has 1 unspecified atom stereocenters. The average Bonchev–Trinajstić information content (AvgIpc) is 2.50. The number of piperazine rings is 1. The molecule has 6 heteroatoms. The summed E-state index contributed by atoms with van der Waals surface area (Å²) in [7, 11) is 7.64. The summed E-state index contributed by atoms with van der Waals surface area (Å²) in [5.41, 5.74) is 0.878. The third-order valence-electron chi connectivity index (χ3n) is 4.02. The normalized spacial score (nSPS) is 20.5. The van der Waals surface area contributed by atoms with Crippen molar-refractivity contribution < 1.29 is 9.47 Å². The molecule has 118 valence electrons. The topological polar surface area (TPSA) is 49.9 Å². The Balaban J connectivity index is 1.91. The van der Waals surface area contributed by atoms with E-state index in [0.717, 1.165) is 37.6 Å². The van der Waals surface area contributed by atoms with Gasteiger partial charge in [0, 0.05) is 51.0 Å². The Morgan fingerprint density at radius 1 is 1.29 bits per heavy atom. The van der Waals surface area contributed by atoms with Crippen LogP contribution >= 0.6 is 0 Å². The number of methoxy groups -OCH3 is 2. The molecular weight excluding hydrogens is 268 g/mol. The lowest BCUT2D eigenvalue weighted by atomic mass is 10.2. The minimum Gasteiger partial charge on any atom is -0.493 e. The number of hydrogen-bond donors (Lipinski definition) is 1. The monoisotopic (exact) mass is 294 g/mol. The molecule has 21 heavy (non-hydrogen) atoms. The fraction of sp³-hybridized carbons (Fsp3) is 0.667. The predicted octanol–water partition coefficient (Wildman–Crippen LogP) is 0.434. The summed E-state index contributed by atoms with van der Waals surface area (Å²) in [4.78, 5) is 9.16. The van der Waals surface area contributed by atoms with Gasteiger partial charge >= 0.3 is 0 Å². The molecule has 1 fully saturated rings. The van der Waals surface area contributed by atoms with Crippen LogP contribution in [0.2, 0.25) is 0 Å². The Morgan fingerprint density at radius 3 is 2.81 bits per heavy atom. The van der Waals surface area contributed by atoms with Crippen LogP contribution in [-0.2, 0) is 6.54 Å². The van der Waals surface area contributed by atoms with E-state index in [0.29, 0.717) is 18.3 Å². The zero-order valence-electron chi connectivity index (χ0n) is 13.4. The van der Waals surface area contributed by atoms with Gasteiger partial charge in [0.1, 0.15) is 0 Å². The van der Waals surface area contributed by atoms with Crippen LogP contribution in [-0.4, -0.2) is 75.3 Å². The average molecular weight is 294 g/mol. The van der Waals surface area contributed by atoms with E-state index in [1.165, 1.54) is 0 Å². The smallest absolute Gasteiger partial charge is 0.183 e. The summed E-state index contributed by atoms with van der Waals surface area (Å²) in [6.45, 7) is 4.95. The summed E-state index contributed by atoms with van der Waals surface area (Å²) in [5, 5.41) is 3.48. The number of ether oxygens (including phenoxy) is 2. The number of hydrogen-bond acceptors (Lipinski definition) is 6. The summed E-state index contributed by atoms with van der Waals surface area (Å²) >= 11 is 0. The lowest BCUT2D eigenvalue weighted by Crippen LogP contribution is -2.53. The van der Waals surface area contributed by atoms with Crippen LogP contribution in [0.1, 0.15) is 5.69 Å². The molecule has 1 N–H and O–H groups in total. The molecule has 0 spiro atoms. The van der Waals surface area contributed by atoms with Crippen molar-refractivity contribution >= 4 is 0 Å². The summed E-state index contributed by atoms with van der Waals surface area (Å²) in [5.74, 6) is 1.43. The lowest BCUT2D eigenvalue weighted by molar-refractivity contribution is 0.113. The maximum atomic E-state index is 5.40. The second-order valence-corrected chi connectivity index (χ2v) is 5.52. The van der Waals surface area contributed by atoms with Gasteiger partial charge in [0.15, 0.2) is 11.5 Å². The maximum Gasteiger partial charge on any atom is 0.183 e. The van der Waals surface area contributed by atoms with E-state index in [1.54, 1.807) is 20.4 Å². The van der Waals surface area contributed by atoms with Gasteiger partial charge in [0.2, 0.25) is 0 Å². The van der Waals surface area contributed by atoms with E-state index < -0.39 is 0 Å². The Morgan fingerprint density at radius 2 is 2.10 bits per heavy atom. The molecule has 0 aliphatic carbocycles. The summed E-state index contributed by atoms with van der Waals surface area (Å²) < 4.78 is 10.7. The van der Waals surface area contributed by atoms with Crippen molar-refractivity contribution in [2.75, 3.05) is 54.5 Å². The highest BCUT2D eigenvalue weighted by molar-refractivity contribution is 5.42. The van der Waals surface area contributed by atoms with Gasteiger partial charge in [-0.1, -0.05) is 0 Å². The first kappa shape index (κ1) is 16.0.